The highest BCUT2D eigenvalue weighted by Crippen LogP contribution is 2.41. The van der Waals surface area contributed by atoms with Crippen molar-refractivity contribution < 1.29 is 24.0 Å². The number of non-ortho nitro benzene ring substituents is 1. The zero-order valence-electron chi connectivity index (χ0n) is 15.4. The van der Waals surface area contributed by atoms with E-state index in [0.717, 1.165) is 12.0 Å². The molecule has 0 aromatic heterocycles. The highest BCUT2D eigenvalue weighted by atomic mass is 16.6. The first-order valence-corrected chi connectivity index (χ1v) is 8.52. The summed E-state index contributed by atoms with van der Waals surface area (Å²) in [5.41, 5.74) is 5.18. The van der Waals surface area contributed by atoms with Gasteiger partial charge >= 0.3 is 0 Å². The fraction of sp³-hybridized carbons (Fsp3) is 0.263. The largest absolute Gasteiger partial charge is 0.483 e. The van der Waals surface area contributed by atoms with E-state index in [2.05, 4.69) is 10.9 Å². The van der Waals surface area contributed by atoms with Gasteiger partial charge in [-0.05, 0) is 32.0 Å². The number of ether oxygens (including phenoxy) is 2. The number of nitro benzene ring substituents is 1. The Kier molecular flexibility index (Phi) is 5.16. The van der Waals surface area contributed by atoms with Gasteiger partial charge in [-0.3, -0.25) is 30.6 Å². The van der Waals surface area contributed by atoms with E-state index in [9.17, 15) is 19.7 Å². The molecule has 0 fully saturated rings. The average Bonchev–Trinajstić information content (AvgIpc) is 2.98. The topological polar surface area (TPSA) is 120 Å². The molecule has 2 aromatic carbocycles. The molecule has 2 amide bonds. The summed E-state index contributed by atoms with van der Waals surface area (Å²) in [6, 6.07) is 10.5. The Morgan fingerprint density at radius 2 is 1.89 bits per heavy atom. The molecule has 9 heteroatoms. The second kappa shape index (κ2) is 7.55. The second-order valence-corrected chi connectivity index (χ2v) is 6.88. The van der Waals surface area contributed by atoms with Crippen LogP contribution in [0.25, 0.3) is 0 Å². The molecule has 9 nitrogen and oxygen atoms in total. The van der Waals surface area contributed by atoms with Gasteiger partial charge < -0.3 is 9.47 Å². The fourth-order valence-electron chi connectivity index (χ4n) is 2.81. The van der Waals surface area contributed by atoms with Gasteiger partial charge in [-0.1, -0.05) is 12.1 Å². The molecule has 2 N–H and O–H groups in total. The smallest absolute Gasteiger partial charge is 0.276 e. The summed E-state index contributed by atoms with van der Waals surface area (Å²) in [4.78, 5) is 34.0. The molecule has 0 radical (unpaired) electrons. The zero-order valence-corrected chi connectivity index (χ0v) is 15.4. The van der Waals surface area contributed by atoms with E-state index >= 15 is 0 Å². The van der Waals surface area contributed by atoms with Crippen LogP contribution in [0.4, 0.5) is 5.69 Å². The van der Waals surface area contributed by atoms with E-state index in [0.29, 0.717) is 11.5 Å². The molecule has 0 spiro atoms. The van der Waals surface area contributed by atoms with Crippen LogP contribution in [0.1, 0.15) is 29.8 Å². The molecule has 2 aromatic rings. The van der Waals surface area contributed by atoms with Gasteiger partial charge in [-0.2, -0.15) is 0 Å². The maximum Gasteiger partial charge on any atom is 0.276 e. The van der Waals surface area contributed by atoms with Gasteiger partial charge in [0.05, 0.1) is 4.92 Å². The Balaban J connectivity index is 1.51. The Bertz CT molecular complexity index is 924. The van der Waals surface area contributed by atoms with Gasteiger partial charge in [0.1, 0.15) is 5.60 Å². The van der Waals surface area contributed by atoms with Crippen molar-refractivity contribution in [2.24, 2.45) is 0 Å². The SMILES string of the molecule is CC1(C)Cc2cccc(OCC(=O)NNC(=O)c3ccc([N+](=O)[O-])cc3)c2O1. The monoisotopic (exact) mass is 385 g/mol. The third kappa shape index (κ3) is 4.37. The Labute approximate surface area is 160 Å². The van der Waals surface area contributed by atoms with Gasteiger partial charge in [0, 0.05) is 29.7 Å². The van der Waals surface area contributed by atoms with Crippen LogP contribution in [0.2, 0.25) is 0 Å². The molecule has 146 valence electrons. The standard InChI is InChI=1S/C19H19N3O6/c1-19(2)10-13-4-3-5-15(17(13)28-19)27-11-16(23)20-21-18(24)12-6-8-14(9-7-12)22(25)26/h3-9H,10-11H2,1-2H3,(H,20,23)(H,21,24). The number of carbonyl (C=O) groups excluding carboxylic acids is 2. The molecule has 0 saturated carbocycles. The number of para-hydroxylation sites is 1. The van der Waals surface area contributed by atoms with E-state index < -0.39 is 16.7 Å². The van der Waals surface area contributed by atoms with Crippen molar-refractivity contribution in [2.45, 2.75) is 25.9 Å². The Hall–Kier alpha value is -3.62. The van der Waals surface area contributed by atoms with Crippen LogP contribution in [0.5, 0.6) is 11.5 Å². The van der Waals surface area contributed by atoms with Gasteiger partial charge in [0.2, 0.25) is 0 Å². The highest BCUT2D eigenvalue weighted by Gasteiger charge is 2.32. The molecule has 1 aliphatic heterocycles. The minimum atomic E-state index is -0.603. The molecule has 0 atom stereocenters. The van der Waals surface area contributed by atoms with Crippen LogP contribution in [0.3, 0.4) is 0 Å². The van der Waals surface area contributed by atoms with Crippen LogP contribution in [0, 0.1) is 10.1 Å². The van der Waals surface area contributed by atoms with E-state index in [4.69, 9.17) is 9.47 Å². The van der Waals surface area contributed by atoms with Gasteiger partial charge in [0.25, 0.3) is 17.5 Å². The summed E-state index contributed by atoms with van der Waals surface area (Å²) in [7, 11) is 0. The lowest BCUT2D eigenvalue weighted by Gasteiger charge is -2.18. The quantitative estimate of drug-likeness (QED) is 0.601. The molecule has 1 heterocycles. The molecule has 0 aliphatic carbocycles. The minimum absolute atomic E-state index is 0.130. The van der Waals surface area contributed by atoms with Crippen LogP contribution >= 0.6 is 0 Å². The van der Waals surface area contributed by atoms with E-state index in [1.54, 1.807) is 6.07 Å². The molecule has 0 saturated heterocycles. The number of hydrazine groups is 1. The Morgan fingerprint density at radius 3 is 2.57 bits per heavy atom. The van der Waals surface area contributed by atoms with Gasteiger partial charge in [-0.15, -0.1) is 0 Å². The summed E-state index contributed by atoms with van der Waals surface area (Å²) in [5, 5.41) is 10.6. The number of carbonyl (C=O) groups is 2. The average molecular weight is 385 g/mol. The third-order valence-electron chi connectivity index (χ3n) is 4.07. The zero-order chi connectivity index (χ0) is 20.3. The van der Waals surface area contributed by atoms with Crippen molar-refractivity contribution in [1.82, 2.24) is 10.9 Å². The number of nitrogens with one attached hydrogen (secondary N) is 2. The van der Waals surface area contributed by atoms with Gasteiger partial charge in [-0.25, -0.2) is 0 Å². The molecular weight excluding hydrogens is 366 g/mol. The number of hydrogen-bond acceptors (Lipinski definition) is 6. The molecule has 0 unspecified atom stereocenters. The summed E-state index contributed by atoms with van der Waals surface area (Å²) in [5.74, 6) is -0.0887. The molecular formula is C19H19N3O6. The molecule has 3 rings (SSSR count). The first-order chi connectivity index (χ1) is 13.2. The summed E-state index contributed by atoms with van der Waals surface area (Å²) in [6.45, 7) is 3.62. The van der Waals surface area contributed by atoms with Crippen LogP contribution < -0.4 is 20.3 Å². The predicted molar refractivity (Wildman–Crippen MR) is 99.1 cm³/mol. The fourth-order valence-corrected chi connectivity index (χ4v) is 2.81. The lowest BCUT2D eigenvalue weighted by molar-refractivity contribution is -0.384. The number of fused-ring (bicyclic) bond motifs is 1. The highest BCUT2D eigenvalue weighted by molar-refractivity contribution is 5.95. The maximum absolute atomic E-state index is 12.0. The number of amides is 2. The van der Waals surface area contributed by atoms with Crippen LogP contribution in [-0.2, 0) is 11.2 Å². The lowest BCUT2D eigenvalue weighted by Crippen LogP contribution is -2.43. The first kappa shape index (κ1) is 19.2. The Morgan fingerprint density at radius 1 is 1.18 bits per heavy atom. The number of hydrogen-bond donors (Lipinski definition) is 2. The van der Waals surface area contributed by atoms with E-state index in [-0.39, 0.29) is 23.5 Å². The van der Waals surface area contributed by atoms with Crippen molar-refractivity contribution in [3.05, 3.63) is 63.7 Å². The maximum atomic E-state index is 12.0. The summed E-state index contributed by atoms with van der Waals surface area (Å²) in [6.07, 6.45) is 0.747. The van der Waals surface area contributed by atoms with Crippen molar-refractivity contribution in [3.8, 4) is 11.5 Å². The lowest BCUT2D eigenvalue weighted by atomic mass is 10.0. The number of rotatable bonds is 5. The van der Waals surface area contributed by atoms with Crippen molar-refractivity contribution in [2.75, 3.05) is 6.61 Å². The number of nitro groups is 1. The second-order valence-electron chi connectivity index (χ2n) is 6.88. The normalized spacial score (nSPS) is 13.8. The van der Waals surface area contributed by atoms with Crippen LogP contribution in [0.15, 0.2) is 42.5 Å². The number of benzene rings is 2. The third-order valence-corrected chi connectivity index (χ3v) is 4.07. The number of nitrogens with zero attached hydrogens (tertiary/aromatic N) is 1. The van der Waals surface area contributed by atoms with E-state index in [1.165, 1.54) is 24.3 Å². The van der Waals surface area contributed by atoms with Gasteiger partial charge in [0.15, 0.2) is 18.1 Å². The predicted octanol–water partition coefficient (Wildman–Crippen LogP) is 2.15. The summed E-state index contributed by atoms with van der Waals surface area (Å²) >= 11 is 0. The van der Waals surface area contributed by atoms with E-state index in [1.807, 2.05) is 26.0 Å². The first-order valence-electron chi connectivity index (χ1n) is 8.52. The molecule has 0 bridgehead atoms. The minimum Gasteiger partial charge on any atom is -0.483 e. The van der Waals surface area contributed by atoms with Crippen molar-refractivity contribution >= 4 is 17.5 Å². The summed E-state index contributed by atoms with van der Waals surface area (Å²) < 4.78 is 11.4. The van der Waals surface area contributed by atoms with Crippen LogP contribution in [-0.4, -0.2) is 28.9 Å². The molecule has 28 heavy (non-hydrogen) atoms. The van der Waals surface area contributed by atoms with Crippen molar-refractivity contribution in [3.63, 3.8) is 0 Å². The van der Waals surface area contributed by atoms with Crippen molar-refractivity contribution in [1.29, 1.82) is 0 Å². The molecule has 1 aliphatic rings.